The Balaban J connectivity index is 1.84. The first kappa shape index (κ1) is 8.98. The second kappa shape index (κ2) is 3.70. The zero-order valence-corrected chi connectivity index (χ0v) is 8.87. The van der Waals surface area contributed by atoms with Crippen molar-refractivity contribution in [2.24, 2.45) is 0 Å². The Labute approximate surface area is 89.9 Å². The minimum Gasteiger partial charge on any atom is -0.357 e. The molecule has 0 atom stereocenters. The molecular weight excluding hydrogens is 184 g/mol. The van der Waals surface area contributed by atoms with Crippen LogP contribution in [0.25, 0.3) is 10.9 Å². The number of hydrogen-bond donors (Lipinski definition) is 1. The third-order valence-corrected chi connectivity index (χ3v) is 3.18. The summed E-state index contributed by atoms with van der Waals surface area (Å²) < 4.78 is 0. The number of fused-ring (bicyclic) bond motifs is 1. The lowest BCUT2D eigenvalue weighted by Crippen LogP contribution is -2.18. The van der Waals surface area contributed by atoms with E-state index in [0.717, 1.165) is 6.54 Å². The van der Waals surface area contributed by atoms with E-state index < -0.39 is 0 Å². The molecule has 0 amide bonds. The van der Waals surface area contributed by atoms with Crippen molar-refractivity contribution >= 4 is 10.9 Å². The van der Waals surface area contributed by atoms with Crippen LogP contribution in [0.4, 0.5) is 0 Å². The molecule has 2 nitrogen and oxygen atoms in total. The molecule has 0 saturated carbocycles. The van der Waals surface area contributed by atoms with E-state index in [1.54, 1.807) is 0 Å². The summed E-state index contributed by atoms with van der Waals surface area (Å²) in [7, 11) is 0. The van der Waals surface area contributed by atoms with Crippen LogP contribution < -0.4 is 0 Å². The smallest absolute Gasteiger partial charge is 0.0456 e. The number of rotatable bonds is 2. The Kier molecular flexibility index (Phi) is 2.22. The molecule has 0 bridgehead atoms. The standard InChI is InChI=1S/C13H16N2/c1-2-6-13-11(5-1)9-12(14-13)10-15-7-3-4-8-15/h1-2,5-6,9,14H,3-4,7-8,10H2. The molecule has 2 heteroatoms. The maximum absolute atomic E-state index is 3.48. The number of nitrogens with zero attached hydrogens (tertiary/aromatic N) is 1. The normalized spacial score (nSPS) is 17.6. The van der Waals surface area contributed by atoms with Gasteiger partial charge in [-0.1, -0.05) is 18.2 Å². The van der Waals surface area contributed by atoms with Gasteiger partial charge in [0.15, 0.2) is 0 Å². The number of aromatic nitrogens is 1. The van der Waals surface area contributed by atoms with E-state index in [9.17, 15) is 0 Å². The lowest BCUT2D eigenvalue weighted by molar-refractivity contribution is 0.328. The van der Waals surface area contributed by atoms with E-state index in [-0.39, 0.29) is 0 Å². The number of nitrogens with one attached hydrogen (secondary N) is 1. The number of para-hydroxylation sites is 1. The Morgan fingerprint density at radius 2 is 1.93 bits per heavy atom. The monoisotopic (exact) mass is 200 g/mol. The Morgan fingerprint density at radius 1 is 1.13 bits per heavy atom. The van der Waals surface area contributed by atoms with Crippen LogP contribution in [-0.4, -0.2) is 23.0 Å². The third kappa shape index (κ3) is 1.77. The van der Waals surface area contributed by atoms with Crippen molar-refractivity contribution in [2.75, 3.05) is 13.1 Å². The molecule has 2 aromatic rings. The van der Waals surface area contributed by atoms with E-state index in [1.807, 2.05) is 0 Å². The predicted octanol–water partition coefficient (Wildman–Crippen LogP) is 2.76. The molecule has 1 aromatic carbocycles. The second-order valence-electron chi connectivity index (χ2n) is 4.37. The molecule has 1 aromatic heterocycles. The van der Waals surface area contributed by atoms with Crippen LogP contribution in [0.3, 0.4) is 0 Å². The van der Waals surface area contributed by atoms with Crippen molar-refractivity contribution in [3.05, 3.63) is 36.0 Å². The predicted molar refractivity (Wildman–Crippen MR) is 62.8 cm³/mol. The van der Waals surface area contributed by atoms with E-state index in [0.29, 0.717) is 0 Å². The maximum Gasteiger partial charge on any atom is 0.0456 e. The van der Waals surface area contributed by atoms with Gasteiger partial charge in [0.1, 0.15) is 0 Å². The first-order valence-electron chi connectivity index (χ1n) is 5.71. The summed E-state index contributed by atoms with van der Waals surface area (Å²) in [5.41, 5.74) is 2.60. The van der Waals surface area contributed by atoms with Gasteiger partial charge < -0.3 is 4.98 Å². The Morgan fingerprint density at radius 3 is 2.73 bits per heavy atom. The topological polar surface area (TPSA) is 19.0 Å². The van der Waals surface area contributed by atoms with Crippen molar-refractivity contribution in [3.63, 3.8) is 0 Å². The number of hydrogen-bond acceptors (Lipinski definition) is 1. The SMILES string of the molecule is c1ccc2[nH]c(CN3CCCC3)cc2c1. The van der Waals surface area contributed by atoms with E-state index >= 15 is 0 Å². The van der Waals surface area contributed by atoms with Gasteiger partial charge in [0.25, 0.3) is 0 Å². The van der Waals surface area contributed by atoms with Gasteiger partial charge in [0, 0.05) is 17.8 Å². The van der Waals surface area contributed by atoms with Gasteiger partial charge in [-0.05, 0) is 43.5 Å². The summed E-state index contributed by atoms with van der Waals surface area (Å²) in [6, 6.07) is 10.8. The van der Waals surface area contributed by atoms with Gasteiger partial charge in [0.05, 0.1) is 0 Å². The fraction of sp³-hybridized carbons (Fsp3) is 0.385. The highest BCUT2D eigenvalue weighted by atomic mass is 15.1. The van der Waals surface area contributed by atoms with Gasteiger partial charge in [-0.3, -0.25) is 4.90 Å². The molecule has 0 spiro atoms. The van der Waals surface area contributed by atoms with Gasteiger partial charge in [-0.25, -0.2) is 0 Å². The number of likely N-dealkylation sites (tertiary alicyclic amines) is 1. The Hall–Kier alpha value is -1.28. The van der Waals surface area contributed by atoms with Crippen LogP contribution in [0.15, 0.2) is 30.3 Å². The second-order valence-corrected chi connectivity index (χ2v) is 4.37. The molecule has 1 saturated heterocycles. The van der Waals surface area contributed by atoms with Crippen LogP contribution in [0.2, 0.25) is 0 Å². The molecule has 0 unspecified atom stereocenters. The zero-order valence-electron chi connectivity index (χ0n) is 8.87. The number of benzene rings is 1. The quantitative estimate of drug-likeness (QED) is 0.789. The lowest BCUT2D eigenvalue weighted by Gasteiger charge is -2.12. The first-order valence-corrected chi connectivity index (χ1v) is 5.71. The summed E-state index contributed by atoms with van der Waals surface area (Å²) in [5.74, 6) is 0. The molecule has 0 aliphatic carbocycles. The fourth-order valence-corrected chi connectivity index (χ4v) is 2.40. The molecule has 78 valence electrons. The van der Waals surface area contributed by atoms with Crippen LogP contribution in [0.1, 0.15) is 18.5 Å². The largest absolute Gasteiger partial charge is 0.357 e. The first-order chi connectivity index (χ1) is 7.42. The molecular formula is C13H16N2. The van der Waals surface area contributed by atoms with Crippen molar-refractivity contribution in [3.8, 4) is 0 Å². The minimum atomic E-state index is 1.08. The number of aromatic amines is 1. The van der Waals surface area contributed by atoms with Crippen molar-refractivity contribution in [1.82, 2.24) is 9.88 Å². The Bertz CT molecular complexity index is 419. The fourth-order valence-electron chi connectivity index (χ4n) is 2.40. The molecule has 3 rings (SSSR count). The summed E-state index contributed by atoms with van der Waals surface area (Å²) >= 11 is 0. The van der Waals surface area contributed by atoms with Crippen LogP contribution in [0.5, 0.6) is 0 Å². The van der Waals surface area contributed by atoms with E-state index in [2.05, 4.69) is 40.2 Å². The molecule has 2 heterocycles. The van der Waals surface area contributed by atoms with Gasteiger partial charge >= 0.3 is 0 Å². The third-order valence-electron chi connectivity index (χ3n) is 3.18. The average molecular weight is 200 g/mol. The van der Waals surface area contributed by atoms with E-state index in [1.165, 1.54) is 42.5 Å². The molecule has 1 N–H and O–H groups in total. The van der Waals surface area contributed by atoms with Crippen LogP contribution in [-0.2, 0) is 6.54 Å². The van der Waals surface area contributed by atoms with Crippen molar-refractivity contribution < 1.29 is 0 Å². The minimum absolute atomic E-state index is 1.08. The van der Waals surface area contributed by atoms with Crippen molar-refractivity contribution in [1.29, 1.82) is 0 Å². The van der Waals surface area contributed by atoms with E-state index in [4.69, 9.17) is 0 Å². The zero-order chi connectivity index (χ0) is 10.1. The van der Waals surface area contributed by atoms with Gasteiger partial charge in [0.2, 0.25) is 0 Å². The van der Waals surface area contributed by atoms with Crippen LogP contribution in [0, 0.1) is 0 Å². The highest BCUT2D eigenvalue weighted by molar-refractivity contribution is 5.80. The molecule has 1 fully saturated rings. The average Bonchev–Trinajstić information content (AvgIpc) is 2.86. The summed E-state index contributed by atoms with van der Waals surface area (Å²) in [6.07, 6.45) is 2.72. The summed E-state index contributed by atoms with van der Waals surface area (Å²) in [5, 5.41) is 1.33. The highest BCUT2D eigenvalue weighted by Crippen LogP contribution is 2.17. The highest BCUT2D eigenvalue weighted by Gasteiger charge is 2.12. The molecule has 0 radical (unpaired) electrons. The van der Waals surface area contributed by atoms with Gasteiger partial charge in [-0.2, -0.15) is 0 Å². The maximum atomic E-state index is 3.48. The lowest BCUT2D eigenvalue weighted by atomic mass is 10.2. The van der Waals surface area contributed by atoms with Crippen LogP contribution >= 0.6 is 0 Å². The molecule has 1 aliphatic heterocycles. The summed E-state index contributed by atoms with van der Waals surface area (Å²) in [4.78, 5) is 6.00. The van der Waals surface area contributed by atoms with Gasteiger partial charge in [-0.15, -0.1) is 0 Å². The molecule has 15 heavy (non-hydrogen) atoms. The van der Waals surface area contributed by atoms with Crippen molar-refractivity contribution in [2.45, 2.75) is 19.4 Å². The summed E-state index contributed by atoms with van der Waals surface area (Å²) in [6.45, 7) is 3.60. The number of H-pyrrole nitrogens is 1. The molecule has 1 aliphatic rings.